The van der Waals surface area contributed by atoms with Crippen molar-refractivity contribution >= 4 is 5.97 Å². The average Bonchev–Trinajstić information content (AvgIpc) is 2.87. The highest BCUT2D eigenvalue weighted by atomic mass is 16.5. The summed E-state index contributed by atoms with van der Waals surface area (Å²) in [7, 11) is 0. The second-order valence-corrected chi connectivity index (χ2v) is 4.69. The quantitative estimate of drug-likeness (QED) is 0.805. The third kappa shape index (κ3) is 3.57. The van der Waals surface area contributed by atoms with Crippen molar-refractivity contribution in [2.75, 3.05) is 19.7 Å². The van der Waals surface area contributed by atoms with Crippen LogP contribution in [0.4, 0.5) is 0 Å². The lowest BCUT2D eigenvalue weighted by molar-refractivity contribution is 0.0526. The number of rotatable bonds is 5. The van der Waals surface area contributed by atoms with Crippen molar-refractivity contribution in [1.82, 2.24) is 15.1 Å². The van der Waals surface area contributed by atoms with Crippen LogP contribution in [0, 0.1) is 5.92 Å². The predicted octanol–water partition coefficient (Wildman–Crippen LogP) is 1.45. The third-order valence-corrected chi connectivity index (χ3v) is 3.37. The molecule has 0 spiro atoms. The Morgan fingerprint density at radius 2 is 2.33 bits per heavy atom. The molecular weight excluding hydrogens is 230 g/mol. The SMILES string of the molecule is CCOC(=O)c1cnn(CCC2CCNCC2)c1. The number of carbonyl (C=O) groups excluding carboxylic acids is 1. The van der Waals surface area contributed by atoms with E-state index in [1.807, 2.05) is 4.68 Å². The van der Waals surface area contributed by atoms with Crippen molar-refractivity contribution in [1.29, 1.82) is 0 Å². The van der Waals surface area contributed by atoms with Crippen LogP contribution in [-0.4, -0.2) is 35.4 Å². The summed E-state index contributed by atoms with van der Waals surface area (Å²) in [5.74, 6) is 0.493. The van der Waals surface area contributed by atoms with Crippen molar-refractivity contribution in [2.24, 2.45) is 5.92 Å². The van der Waals surface area contributed by atoms with Crippen LogP contribution in [0.15, 0.2) is 12.4 Å². The number of nitrogens with one attached hydrogen (secondary N) is 1. The maximum Gasteiger partial charge on any atom is 0.341 e. The maximum absolute atomic E-state index is 11.5. The van der Waals surface area contributed by atoms with Gasteiger partial charge >= 0.3 is 5.97 Å². The molecule has 5 heteroatoms. The molecule has 0 aromatic carbocycles. The minimum atomic E-state index is -0.286. The van der Waals surface area contributed by atoms with E-state index in [1.165, 1.54) is 12.8 Å². The third-order valence-electron chi connectivity index (χ3n) is 3.37. The molecule has 0 unspecified atom stereocenters. The molecule has 0 saturated carbocycles. The van der Waals surface area contributed by atoms with Gasteiger partial charge in [0.1, 0.15) is 0 Å². The fourth-order valence-electron chi connectivity index (χ4n) is 2.29. The molecule has 1 fully saturated rings. The Bertz CT molecular complexity index is 383. The molecule has 5 nitrogen and oxygen atoms in total. The first kappa shape index (κ1) is 13.1. The zero-order valence-electron chi connectivity index (χ0n) is 10.9. The van der Waals surface area contributed by atoms with Gasteiger partial charge in [0, 0.05) is 12.7 Å². The van der Waals surface area contributed by atoms with E-state index in [-0.39, 0.29) is 5.97 Å². The van der Waals surface area contributed by atoms with E-state index in [1.54, 1.807) is 19.3 Å². The monoisotopic (exact) mass is 251 g/mol. The summed E-state index contributed by atoms with van der Waals surface area (Å²) in [6, 6.07) is 0. The molecule has 0 bridgehead atoms. The Kier molecular flexibility index (Phi) is 4.75. The van der Waals surface area contributed by atoms with Crippen molar-refractivity contribution in [3.05, 3.63) is 18.0 Å². The molecule has 1 aliphatic heterocycles. The van der Waals surface area contributed by atoms with E-state index < -0.39 is 0 Å². The van der Waals surface area contributed by atoms with Crippen LogP contribution in [0.2, 0.25) is 0 Å². The lowest BCUT2D eigenvalue weighted by Crippen LogP contribution is -2.28. The molecule has 1 aliphatic rings. The summed E-state index contributed by atoms with van der Waals surface area (Å²) in [4.78, 5) is 11.5. The van der Waals surface area contributed by atoms with Gasteiger partial charge in [-0.15, -0.1) is 0 Å². The Balaban J connectivity index is 1.80. The fourth-order valence-corrected chi connectivity index (χ4v) is 2.29. The largest absolute Gasteiger partial charge is 0.462 e. The number of aromatic nitrogens is 2. The molecule has 100 valence electrons. The fraction of sp³-hybridized carbons (Fsp3) is 0.692. The van der Waals surface area contributed by atoms with Gasteiger partial charge < -0.3 is 10.1 Å². The van der Waals surface area contributed by atoms with Crippen molar-refractivity contribution in [3.8, 4) is 0 Å². The highest BCUT2D eigenvalue weighted by Crippen LogP contribution is 2.16. The van der Waals surface area contributed by atoms with E-state index in [0.717, 1.165) is 32.0 Å². The molecule has 18 heavy (non-hydrogen) atoms. The van der Waals surface area contributed by atoms with Gasteiger partial charge in [0.25, 0.3) is 0 Å². The Morgan fingerprint density at radius 1 is 1.56 bits per heavy atom. The van der Waals surface area contributed by atoms with Crippen LogP contribution in [0.3, 0.4) is 0 Å². The van der Waals surface area contributed by atoms with E-state index in [2.05, 4.69) is 10.4 Å². The molecule has 2 heterocycles. The molecular formula is C13H21N3O2. The predicted molar refractivity (Wildman–Crippen MR) is 68.4 cm³/mol. The Labute approximate surface area is 108 Å². The highest BCUT2D eigenvalue weighted by molar-refractivity contribution is 5.88. The first-order valence-electron chi connectivity index (χ1n) is 6.70. The van der Waals surface area contributed by atoms with Gasteiger partial charge in [-0.1, -0.05) is 0 Å². The van der Waals surface area contributed by atoms with E-state index in [4.69, 9.17) is 4.74 Å². The zero-order valence-corrected chi connectivity index (χ0v) is 10.9. The minimum Gasteiger partial charge on any atom is -0.462 e. The molecule has 0 aliphatic carbocycles. The first-order chi connectivity index (χ1) is 8.79. The van der Waals surface area contributed by atoms with Crippen LogP contribution in [0.5, 0.6) is 0 Å². The number of esters is 1. The van der Waals surface area contributed by atoms with Gasteiger partial charge in [0.15, 0.2) is 0 Å². The van der Waals surface area contributed by atoms with Crippen LogP contribution in [0.1, 0.15) is 36.5 Å². The molecule has 1 aromatic rings. The van der Waals surface area contributed by atoms with Gasteiger partial charge in [-0.2, -0.15) is 5.10 Å². The Morgan fingerprint density at radius 3 is 3.06 bits per heavy atom. The van der Waals surface area contributed by atoms with Crippen molar-refractivity contribution in [2.45, 2.75) is 32.7 Å². The second-order valence-electron chi connectivity index (χ2n) is 4.69. The average molecular weight is 251 g/mol. The summed E-state index contributed by atoms with van der Waals surface area (Å²) >= 11 is 0. The highest BCUT2D eigenvalue weighted by Gasteiger charge is 2.14. The topological polar surface area (TPSA) is 56.1 Å². The summed E-state index contributed by atoms with van der Waals surface area (Å²) in [5, 5.41) is 7.57. The van der Waals surface area contributed by atoms with E-state index >= 15 is 0 Å². The standard InChI is InChI=1S/C13H21N3O2/c1-2-18-13(17)12-9-15-16(10-12)8-5-11-3-6-14-7-4-11/h9-11,14H,2-8H2,1H3. The molecule has 2 rings (SSSR count). The molecule has 1 saturated heterocycles. The number of aryl methyl sites for hydroxylation is 1. The maximum atomic E-state index is 11.5. The summed E-state index contributed by atoms with van der Waals surface area (Å²) in [6.45, 7) is 5.33. The minimum absolute atomic E-state index is 0.286. The van der Waals surface area contributed by atoms with Crippen molar-refractivity contribution < 1.29 is 9.53 Å². The van der Waals surface area contributed by atoms with E-state index in [0.29, 0.717) is 12.2 Å². The van der Waals surface area contributed by atoms with Gasteiger partial charge in [-0.3, -0.25) is 4.68 Å². The molecule has 1 aromatic heterocycles. The first-order valence-corrected chi connectivity index (χ1v) is 6.70. The number of hydrogen-bond donors (Lipinski definition) is 1. The summed E-state index contributed by atoms with van der Waals surface area (Å²) in [6.07, 6.45) is 6.98. The van der Waals surface area contributed by atoms with Crippen LogP contribution < -0.4 is 5.32 Å². The number of carbonyl (C=O) groups is 1. The molecule has 1 N–H and O–H groups in total. The van der Waals surface area contributed by atoms with E-state index in [9.17, 15) is 4.79 Å². The van der Waals surface area contributed by atoms with Crippen LogP contribution in [0.25, 0.3) is 0 Å². The van der Waals surface area contributed by atoms with Crippen molar-refractivity contribution in [3.63, 3.8) is 0 Å². The lowest BCUT2D eigenvalue weighted by Gasteiger charge is -2.22. The molecule has 0 amide bonds. The number of ether oxygens (including phenoxy) is 1. The smallest absolute Gasteiger partial charge is 0.341 e. The number of hydrogen-bond acceptors (Lipinski definition) is 4. The molecule has 0 radical (unpaired) electrons. The van der Waals surface area contributed by atoms with Crippen LogP contribution in [-0.2, 0) is 11.3 Å². The van der Waals surface area contributed by atoms with Gasteiger partial charge in [-0.25, -0.2) is 4.79 Å². The second kappa shape index (κ2) is 6.54. The molecule has 0 atom stereocenters. The van der Waals surface area contributed by atoms with Gasteiger partial charge in [0.2, 0.25) is 0 Å². The van der Waals surface area contributed by atoms with Crippen LogP contribution >= 0.6 is 0 Å². The summed E-state index contributed by atoms with van der Waals surface area (Å²) in [5.41, 5.74) is 0.544. The normalized spacial score (nSPS) is 16.7. The zero-order chi connectivity index (χ0) is 12.8. The Hall–Kier alpha value is -1.36. The number of piperidine rings is 1. The number of nitrogens with zero attached hydrogens (tertiary/aromatic N) is 2. The summed E-state index contributed by atoms with van der Waals surface area (Å²) < 4.78 is 6.78. The van der Waals surface area contributed by atoms with Gasteiger partial charge in [0.05, 0.1) is 18.4 Å². The van der Waals surface area contributed by atoms with Gasteiger partial charge in [-0.05, 0) is 45.2 Å². The lowest BCUT2D eigenvalue weighted by atomic mass is 9.95.